The molecule has 1 heterocycles. The van der Waals surface area contributed by atoms with Crippen molar-refractivity contribution in [2.24, 2.45) is 16.8 Å². The molecule has 7 heteroatoms. The van der Waals surface area contributed by atoms with Crippen molar-refractivity contribution in [3.8, 4) is 11.5 Å². The molecule has 0 radical (unpaired) electrons. The maximum Gasteiger partial charge on any atom is 0.336 e. The van der Waals surface area contributed by atoms with Gasteiger partial charge >= 0.3 is 5.97 Å². The number of hydrogen-bond donors (Lipinski definition) is 0. The topological polar surface area (TPSA) is 74.2 Å². The smallest absolute Gasteiger partial charge is 0.336 e. The molecular formula is C30H34ClNO5. The highest BCUT2D eigenvalue weighted by molar-refractivity contribution is 6.30. The Morgan fingerprint density at radius 1 is 1.05 bits per heavy atom. The van der Waals surface area contributed by atoms with Crippen LogP contribution in [0.25, 0.3) is 0 Å². The van der Waals surface area contributed by atoms with Gasteiger partial charge in [0.05, 0.1) is 31.8 Å². The number of ketones is 1. The molecule has 1 aliphatic heterocycles. The van der Waals surface area contributed by atoms with Gasteiger partial charge in [0, 0.05) is 28.8 Å². The second-order valence-corrected chi connectivity index (χ2v) is 10.5. The summed E-state index contributed by atoms with van der Waals surface area (Å²) in [4.78, 5) is 32.0. The molecule has 37 heavy (non-hydrogen) atoms. The van der Waals surface area contributed by atoms with E-state index in [2.05, 4.69) is 0 Å². The molecule has 0 bridgehead atoms. The van der Waals surface area contributed by atoms with E-state index in [-0.39, 0.29) is 17.6 Å². The molecule has 4 rings (SSSR count). The Morgan fingerprint density at radius 2 is 1.76 bits per heavy atom. The van der Waals surface area contributed by atoms with Crippen LogP contribution in [0.5, 0.6) is 11.5 Å². The van der Waals surface area contributed by atoms with Gasteiger partial charge in [-0.15, -0.1) is 0 Å². The number of benzene rings is 2. The lowest BCUT2D eigenvalue weighted by atomic mass is 9.66. The number of Topliss-reactive ketones (excluding diaryl/α,β-unsaturated/α-hetero) is 1. The van der Waals surface area contributed by atoms with Crippen LogP contribution < -0.4 is 9.47 Å². The van der Waals surface area contributed by atoms with Crippen LogP contribution in [-0.2, 0) is 14.3 Å². The van der Waals surface area contributed by atoms with E-state index in [9.17, 15) is 9.59 Å². The second-order valence-electron chi connectivity index (χ2n) is 10.0. The molecule has 196 valence electrons. The number of carbonyl (C=O) groups is 2. The number of rotatable bonds is 8. The summed E-state index contributed by atoms with van der Waals surface area (Å²) in [7, 11) is 1.58. The molecule has 1 unspecified atom stereocenters. The minimum Gasteiger partial charge on any atom is -0.493 e. The van der Waals surface area contributed by atoms with E-state index < -0.39 is 17.8 Å². The van der Waals surface area contributed by atoms with Crippen molar-refractivity contribution in [1.29, 1.82) is 0 Å². The Labute approximate surface area is 223 Å². The lowest BCUT2D eigenvalue weighted by molar-refractivity contribution is -0.140. The number of halogens is 1. The molecule has 3 atom stereocenters. The highest BCUT2D eigenvalue weighted by atomic mass is 35.5. The van der Waals surface area contributed by atoms with Crippen LogP contribution >= 0.6 is 11.6 Å². The number of ether oxygens (including phenoxy) is 3. The number of carbonyl (C=O) groups excluding carboxylic acids is 2. The van der Waals surface area contributed by atoms with Crippen LogP contribution in [0.3, 0.4) is 0 Å². The van der Waals surface area contributed by atoms with Crippen molar-refractivity contribution in [2.75, 3.05) is 20.3 Å². The van der Waals surface area contributed by atoms with Crippen molar-refractivity contribution in [3.05, 3.63) is 69.9 Å². The Morgan fingerprint density at radius 3 is 2.41 bits per heavy atom. The average molecular weight is 524 g/mol. The van der Waals surface area contributed by atoms with Crippen molar-refractivity contribution in [2.45, 2.75) is 52.4 Å². The maximum absolute atomic E-state index is 13.8. The fraction of sp³-hybridized carbons (Fsp3) is 0.433. The van der Waals surface area contributed by atoms with Crippen LogP contribution in [0.4, 0.5) is 0 Å². The standard InChI is InChI=1S/C30H34ClNO5/c1-6-36-25-12-9-20(15-26(25)35-5)28-27(30(34)37-16-17(2)3)18(4)32-23-13-21(14-24(33)29(23)28)19-7-10-22(31)11-8-19/h7-12,15,17,21,28-29H,6,13-14,16H2,1-5H3/t21-,28+,29?/m1/s1. The minimum atomic E-state index is -0.545. The number of esters is 1. The first-order valence-electron chi connectivity index (χ1n) is 12.8. The van der Waals surface area contributed by atoms with E-state index in [0.717, 1.165) is 16.8 Å². The van der Waals surface area contributed by atoms with E-state index in [1.165, 1.54) is 0 Å². The van der Waals surface area contributed by atoms with E-state index in [0.29, 0.717) is 53.8 Å². The van der Waals surface area contributed by atoms with Gasteiger partial charge in [0.25, 0.3) is 0 Å². The molecule has 2 aromatic carbocycles. The third-order valence-corrected chi connectivity index (χ3v) is 7.16. The highest BCUT2D eigenvalue weighted by Crippen LogP contribution is 2.47. The van der Waals surface area contributed by atoms with Crippen molar-refractivity contribution in [3.63, 3.8) is 0 Å². The number of hydrogen-bond acceptors (Lipinski definition) is 6. The Bertz CT molecular complexity index is 1230. The zero-order valence-corrected chi connectivity index (χ0v) is 22.8. The number of aliphatic imine (C=N–C) groups is 1. The van der Waals surface area contributed by atoms with Crippen LogP contribution in [0, 0.1) is 11.8 Å². The van der Waals surface area contributed by atoms with E-state index in [4.69, 9.17) is 30.8 Å². The maximum atomic E-state index is 13.8. The molecule has 1 aliphatic carbocycles. The highest BCUT2D eigenvalue weighted by Gasteiger charge is 2.46. The van der Waals surface area contributed by atoms with Crippen molar-refractivity contribution in [1.82, 2.24) is 0 Å². The molecule has 0 amide bonds. The largest absolute Gasteiger partial charge is 0.493 e. The quantitative estimate of drug-likeness (QED) is 0.368. The zero-order chi connectivity index (χ0) is 26.7. The Kier molecular flexibility index (Phi) is 8.38. The third kappa shape index (κ3) is 5.74. The number of nitrogens with zero attached hydrogens (tertiary/aromatic N) is 1. The van der Waals surface area contributed by atoms with E-state index in [1.54, 1.807) is 7.11 Å². The van der Waals surface area contributed by atoms with Crippen molar-refractivity contribution >= 4 is 29.1 Å². The number of methoxy groups -OCH3 is 1. The van der Waals surface area contributed by atoms with Crippen LogP contribution in [0.2, 0.25) is 5.02 Å². The third-order valence-electron chi connectivity index (χ3n) is 6.91. The summed E-state index contributed by atoms with van der Waals surface area (Å²) in [6.45, 7) is 8.50. The van der Waals surface area contributed by atoms with E-state index >= 15 is 0 Å². The molecule has 2 aromatic rings. The lowest BCUT2D eigenvalue weighted by Gasteiger charge is -2.38. The summed E-state index contributed by atoms with van der Waals surface area (Å²) in [6.07, 6.45) is 0.998. The Balaban J connectivity index is 1.78. The molecule has 0 aromatic heterocycles. The van der Waals surface area contributed by atoms with Gasteiger partial charge in [-0.3, -0.25) is 9.79 Å². The van der Waals surface area contributed by atoms with Gasteiger partial charge in [-0.25, -0.2) is 4.79 Å². The summed E-state index contributed by atoms with van der Waals surface area (Å²) in [5.74, 6) is -0.0690. The summed E-state index contributed by atoms with van der Waals surface area (Å²) in [5, 5.41) is 0.659. The predicted octanol–water partition coefficient (Wildman–Crippen LogP) is 6.52. The predicted molar refractivity (Wildman–Crippen MR) is 145 cm³/mol. The van der Waals surface area contributed by atoms with Gasteiger partial charge in [-0.1, -0.05) is 43.6 Å². The Hall–Kier alpha value is -3.12. The molecule has 0 saturated heterocycles. The van der Waals surface area contributed by atoms with Crippen molar-refractivity contribution < 1.29 is 23.8 Å². The van der Waals surface area contributed by atoms with Gasteiger partial charge in [-0.05, 0) is 67.5 Å². The van der Waals surface area contributed by atoms with E-state index in [1.807, 2.05) is 70.2 Å². The fourth-order valence-electron chi connectivity index (χ4n) is 5.24. The molecule has 0 spiro atoms. The summed E-state index contributed by atoms with van der Waals surface area (Å²) < 4.78 is 17.0. The molecule has 0 N–H and O–H groups in total. The number of allylic oxidation sites excluding steroid dienone is 1. The van der Waals surface area contributed by atoms with Crippen LogP contribution in [0.15, 0.2) is 58.7 Å². The monoisotopic (exact) mass is 523 g/mol. The second kappa shape index (κ2) is 11.5. The van der Waals surface area contributed by atoms with Gasteiger partial charge in [-0.2, -0.15) is 0 Å². The van der Waals surface area contributed by atoms with Crippen LogP contribution in [0.1, 0.15) is 63.5 Å². The first-order chi connectivity index (χ1) is 17.7. The zero-order valence-electron chi connectivity index (χ0n) is 22.0. The lowest BCUT2D eigenvalue weighted by Crippen LogP contribution is -2.41. The summed E-state index contributed by atoms with van der Waals surface area (Å²) in [6, 6.07) is 13.2. The average Bonchev–Trinajstić information content (AvgIpc) is 2.87. The summed E-state index contributed by atoms with van der Waals surface area (Å²) in [5.41, 5.74) is 3.67. The first-order valence-corrected chi connectivity index (χ1v) is 13.2. The fourth-order valence-corrected chi connectivity index (χ4v) is 5.37. The first kappa shape index (κ1) is 26.9. The molecule has 1 fully saturated rings. The van der Waals surface area contributed by atoms with Gasteiger partial charge in [0.2, 0.25) is 0 Å². The summed E-state index contributed by atoms with van der Waals surface area (Å²) >= 11 is 6.08. The van der Waals surface area contributed by atoms with Gasteiger partial charge in [0.15, 0.2) is 11.5 Å². The SMILES string of the molecule is CCOc1ccc([C@H]2C(C(=O)OCC(C)C)=C(C)N=C3C[C@@H](c4ccc(Cl)cc4)CC(=O)C32)cc1OC. The normalized spacial score (nSPS) is 21.4. The molecule has 2 aliphatic rings. The number of fused-ring (bicyclic) bond motifs is 1. The molecular weight excluding hydrogens is 490 g/mol. The minimum absolute atomic E-state index is 0.0116. The molecule has 6 nitrogen and oxygen atoms in total. The molecule has 1 saturated carbocycles. The van der Waals surface area contributed by atoms with Crippen LogP contribution in [-0.4, -0.2) is 37.8 Å². The van der Waals surface area contributed by atoms with Gasteiger partial charge < -0.3 is 14.2 Å². The van der Waals surface area contributed by atoms with Gasteiger partial charge in [0.1, 0.15) is 5.78 Å².